The van der Waals surface area contributed by atoms with Crippen molar-refractivity contribution in [2.45, 2.75) is 37.8 Å². The summed E-state index contributed by atoms with van der Waals surface area (Å²) in [5, 5.41) is 0.993. The first-order valence-electron chi connectivity index (χ1n) is 12.1. The number of benzene rings is 2. The zero-order valence-electron chi connectivity index (χ0n) is 21.5. The van der Waals surface area contributed by atoms with Crippen molar-refractivity contribution in [2.75, 3.05) is 6.26 Å². The summed E-state index contributed by atoms with van der Waals surface area (Å²) in [6.07, 6.45) is 3.36. The van der Waals surface area contributed by atoms with E-state index in [9.17, 15) is 9.59 Å². The Balaban J connectivity index is 1.63. The molecule has 0 amide bonds. The van der Waals surface area contributed by atoms with E-state index in [0.29, 0.717) is 47.7 Å². The fraction of sp³-hybridized carbons (Fsp3) is 0.207. The molecule has 0 saturated carbocycles. The number of thioether (sulfide) groups is 1. The van der Waals surface area contributed by atoms with Gasteiger partial charge in [0.15, 0.2) is 4.80 Å². The molecular formula is C29H24Cl2N2O4S2. The summed E-state index contributed by atoms with van der Waals surface area (Å²) in [5.74, 6) is 0.546. The van der Waals surface area contributed by atoms with E-state index in [1.54, 1.807) is 73.5 Å². The first kappa shape index (κ1) is 27.5. The van der Waals surface area contributed by atoms with Crippen LogP contribution in [0, 0.1) is 0 Å². The number of furan rings is 1. The number of aromatic nitrogens is 1. The lowest BCUT2D eigenvalue weighted by molar-refractivity contribution is -0.143. The smallest absolute Gasteiger partial charge is 0.338 e. The van der Waals surface area contributed by atoms with Crippen LogP contribution >= 0.6 is 46.3 Å². The van der Waals surface area contributed by atoms with Gasteiger partial charge in [-0.25, -0.2) is 9.79 Å². The van der Waals surface area contributed by atoms with Gasteiger partial charge in [-0.3, -0.25) is 9.36 Å². The first-order chi connectivity index (χ1) is 18.7. The second-order valence-electron chi connectivity index (χ2n) is 9.14. The molecule has 1 aliphatic rings. The lowest BCUT2D eigenvalue weighted by Gasteiger charge is -2.25. The average Bonchev–Trinajstić information content (AvgIpc) is 3.47. The molecule has 1 aliphatic heterocycles. The van der Waals surface area contributed by atoms with Crippen molar-refractivity contribution in [2.24, 2.45) is 4.99 Å². The zero-order valence-corrected chi connectivity index (χ0v) is 24.7. The number of rotatable bonds is 6. The minimum Gasteiger partial charge on any atom is -0.459 e. The van der Waals surface area contributed by atoms with Gasteiger partial charge >= 0.3 is 5.97 Å². The van der Waals surface area contributed by atoms with Crippen molar-refractivity contribution in [1.29, 1.82) is 0 Å². The molecule has 0 unspecified atom stereocenters. The highest BCUT2D eigenvalue weighted by atomic mass is 35.5. The van der Waals surface area contributed by atoms with Gasteiger partial charge < -0.3 is 9.15 Å². The predicted molar refractivity (Wildman–Crippen MR) is 157 cm³/mol. The number of halogens is 2. The third kappa shape index (κ3) is 5.52. The van der Waals surface area contributed by atoms with E-state index in [2.05, 4.69) is 4.99 Å². The number of nitrogens with zero attached hydrogens (tertiary/aromatic N) is 2. The number of carbonyl (C=O) groups is 1. The minimum atomic E-state index is -0.675. The Morgan fingerprint density at radius 3 is 2.56 bits per heavy atom. The Kier molecular flexibility index (Phi) is 7.91. The Morgan fingerprint density at radius 1 is 1.15 bits per heavy atom. The number of ether oxygens (including phenoxy) is 1. The molecular weight excluding hydrogens is 575 g/mol. The van der Waals surface area contributed by atoms with Gasteiger partial charge in [0.1, 0.15) is 11.5 Å². The summed E-state index contributed by atoms with van der Waals surface area (Å²) < 4.78 is 13.6. The summed E-state index contributed by atoms with van der Waals surface area (Å²) in [7, 11) is 0. The van der Waals surface area contributed by atoms with E-state index in [1.807, 2.05) is 30.5 Å². The summed E-state index contributed by atoms with van der Waals surface area (Å²) in [5.41, 5.74) is 2.08. The maximum Gasteiger partial charge on any atom is 0.338 e. The Bertz CT molecular complexity index is 1780. The van der Waals surface area contributed by atoms with Crippen LogP contribution in [-0.4, -0.2) is 22.9 Å². The second kappa shape index (κ2) is 11.2. The quantitative estimate of drug-likeness (QED) is 0.188. The number of esters is 1. The number of thiazole rings is 1. The van der Waals surface area contributed by atoms with Crippen molar-refractivity contribution in [1.82, 2.24) is 4.57 Å². The summed E-state index contributed by atoms with van der Waals surface area (Å²) in [4.78, 5) is 33.3. The third-order valence-electron chi connectivity index (χ3n) is 6.11. The van der Waals surface area contributed by atoms with Crippen LogP contribution in [0.4, 0.5) is 0 Å². The predicted octanol–water partition coefficient (Wildman–Crippen LogP) is 6.48. The van der Waals surface area contributed by atoms with Crippen molar-refractivity contribution in [3.63, 3.8) is 0 Å². The van der Waals surface area contributed by atoms with Crippen molar-refractivity contribution >= 4 is 58.3 Å². The maximum atomic E-state index is 13.8. The van der Waals surface area contributed by atoms with Crippen LogP contribution < -0.4 is 14.9 Å². The molecule has 2 aromatic carbocycles. The van der Waals surface area contributed by atoms with Gasteiger partial charge in [-0.05, 0) is 75.1 Å². The lowest BCUT2D eigenvalue weighted by atomic mass is 9.96. The number of hydrogen-bond acceptors (Lipinski definition) is 7. The van der Waals surface area contributed by atoms with E-state index >= 15 is 0 Å². The fourth-order valence-corrected chi connectivity index (χ4v) is 6.29. The first-order valence-corrected chi connectivity index (χ1v) is 14.9. The molecule has 3 heterocycles. The van der Waals surface area contributed by atoms with E-state index in [4.69, 9.17) is 32.4 Å². The Morgan fingerprint density at radius 2 is 1.90 bits per heavy atom. The fourth-order valence-electron chi connectivity index (χ4n) is 4.36. The minimum absolute atomic E-state index is 0.275. The van der Waals surface area contributed by atoms with Gasteiger partial charge in [0, 0.05) is 21.6 Å². The molecule has 2 aromatic heterocycles. The molecule has 0 saturated heterocycles. The highest BCUT2D eigenvalue weighted by molar-refractivity contribution is 7.98. The van der Waals surface area contributed by atoms with Crippen LogP contribution in [0.3, 0.4) is 0 Å². The molecule has 0 fully saturated rings. The van der Waals surface area contributed by atoms with Gasteiger partial charge in [0.05, 0.1) is 33.0 Å². The van der Waals surface area contributed by atoms with Crippen molar-refractivity contribution < 1.29 is 13.9 Å². The van der Waals surface area contributed by atoms with Crippen LogP contribution in [0.2, 0.25) is 10.0 Å². The van der Waals surface area contributed by atoms with Crippen molar-refractivity contribution in [3.05, 3.63) is 107 Å². The number of carbonyl (C=O) groups excluding carboxylic acids is 1. The highest BCUT2D eigenvalue weighted by Crippen LogP contribution is 2.33. The largest absolute Gasteiger partial charge is 0.459 e. The van der Waals surface area contributed by atoms with Crippen LogP contribution in [0.15, 0.2) is 85.0 Å². The van der Waals surface area contributed by atoms with Gasteiger partial charge in [-0.1, -0.05) is 46.7 Å². The summed E-state index contributed by atoms with van der Waals surface area (Å²) in [6, 6.07) is 15.9. The van der Waals surface area contributed by atoms with E-state index in [-0.39, 0.29) is 11.7 Å². The molecule has 0 N–H and O–H groups in total. The van der Waals surface area contributed by atoms with E-state index in [0.717, 1.165) is 10.5 Å². The maximum absolute atomic E-state index is 13.8. The second-order valence-corrected chi connectivity index (χ2v) is 11.9. The molecule has 6 nitrogen and oxygen atoms in total. The summed E-state index contributed by atoms with van der Waals surface area (Å²) >= 11 is 15.2. The normalized spacial score (nSPS) is 15.5. The molecule has 5 rings (SSSR count). The summed E-state index contributed by atoms with van der Waals surface area (Å²) in [6.45, 7) is 5.35. The van der Waals surface area contributed by atoms with Gasteiger partial charge in [-0.15, -0.1) is 11.8 Å². The molecule has 10 heteroatoms. The van der Waals surface area contributed by atoms with E-state index < -0.39 is 12.0 Å². The highest BCUT2D eigenvalue weighted by Gasteiger charge is 2.33. The van der Waals surface area contributed by atoms with Crippen LogP contribution in [0.25, 0.3) is 17.4 Å². The van der Waals surface area contributed by atoms with Crippen molar-refractivity contribution in [3.8, 4) is 11.3 Å². The van der Waals surface area contributed by atoms with Crippen LogP contribution in [-0.2, 0) is 9.53 Å². The molecule has 0 aliphatic carbocycles. The van der Waals surface area contributed by atoms with Gasteiger partial charge in [-0.2, -0.15) is 0 Å². The topological polar surface area (TPSA) is 73.8 Å². The molecule has 4 aromatic rings. The van der Waals surface area contributed by atoms with Crippen LogP contribution in [0.1, 0.15) is 38.1 Å². The monoisotopic (exact) mass is 598 g/mol. The van der Waals surface area contributed by atoms with Gasteiger partial charge in [0.2, 0.25) is 0 Å². The average molecular weight is 600 g/mol. The lowest BCUT2D eigenvalue weighted by Crippen LogP contribution is -2.40. The third-order valence-corrected chi connectivity index (χ3v) is 8.39. The molecule has 0 spiro atoms. The Labute approximate surface area is 243 Å². The van der Waals surface area contributed by atoms with Crippen LogP contribution in [0.5, 0.6) is 0 Å². The molecule has 39 heavy (non-hydrogen) atoms. The number of hydrogen-bond donors (Lipinski definition) is 0. The zero-order chi connectivity index (χ0) is 27.8. The van der Waals surface area contributed by atoms with E-state index in [1.165, 1.54) is 11.3 Å². The molecule has 0 radical (unpaired) electrons. The number of fused-ring (bicyclic) bond motifs is 1. The SMILES string of the molecule is CSc1ccc([C@H]2C(C(=O)OC(C)C)=C(C)N=c3s/c(=C\c4ccc(-c5ccc(Cl)cc5Cl)o4)c(=O)n32)cc1. The molecule has 200 valence electrons. The molecule has 1 atom stereocenters. The molecule has 0 bridgehead atoms. The van der Waals surface area contributed by atoms with Gasteiger partial charge in [0.25, 0.3) is 5.56 Å². The standard InChI is InChI=1S/C29H24Cl2N2O4S2/c1-15(2)36-28(35)25-16(3)32-29-33(26(25)17-5-9-20(38-4)10-6-17)27(34)24(39-29)14-19-8-12-23(37-19)21-11-7-18(30)13-22(21)31/h5-15,26H,1-4H3/b24-14-/t26-/m0/s1. The number of allylic oxidation sites excluding steroid dienone is 1. The Hall–Kier alpha value is -3.04.